The van der Waals surface area contributed by atoms with Crippen LogP contribution in [0.1, 0.15) is 37.8 Å². The smallest absolute Gasteiger partial charge is 0.240 e. The topological polar surface area (TPSA) is 81.4 Å². The zero-order valence-corrected chi connectivity index (χ0v) is 14.3. The highest BCUT2D eigenvalue weighted by Crippen LogP contribution is 2.25. The van der Waals surface area contributed by atoms with Gasteiger partial charge in [-0.2, -0.15) is 0 Å². The first-order valence-electron chi connectivity index (χ1n) is 7.13. The van der Waals surface area contributed by atoms with Crippen LogP contribution < -0.4 is 15.2 Å². The summed E-state index contributed by atoms with van der Waals surface area (Å²) in [5, 5.41) is 0. The zero-order chi connectivity index (χ0) is 16.3. The standard InChI is InChI=1S/C15H26N2O3S/c1-6-15(16,7-2)10-17-21(18,19)14-9-11(3)13(20-5)8-12(14)4/h8-9,17H,6-7,10,16H2,1-5H3. The summed E-state index contributed by atoms with van der Waals surface area (Å²) in [5.41, 5.74) is 7.08. The highest BCUT2D eigenvalue weighted by molar-refractivity contribution is 7.89. The van der Waals surface area contributed by atoms with Crippen molar-refractivity contribution < 1.29 is 13.2 Å². The molecule has 0 aliphatic heterocycles. The number of nitrogens with two attached hydrogens (primary N) is 1. The van der Waals surface area contributed by atoms with E-state index in [9.17, 15) is 8.42 Å². The van der Waals surface area contributed by atoms with Crippen LogP contribution in [0.25, 0.3) is 0 Å². The van der Waals surface area contributed by atoms with Crippen molar-refractivity contribution in [2.45, 2.75) is 51.0 Å². The van der Waals surface area contributed by atoms with E-state index in [1.54, 1.807) is 26.2 Å². The molecule has 0 radical (unpaired) electrons. The van der Waals surface area contributed by atoms with Crippen molar-refractivity contribution in [3.05, 3.63) is 23.3 Å². The quantitative estimate of drug-likeness (QED) is 0.807. The molecule has 0 saturated carbocycles. The number of rotatable bonds is 7. The number of sulfonamides is 1. The van der Waals surface area contributed by atoms with Crippen LogP contribution in [0.3, 0.4) is 0 Å². The fourth-order valence-corrected chi connectivity index (χ4v) is 3.54. The van der Waals surface area contributed by atoms with Gasteiger partial charge in [-0.3, -0.25) is 0 Å². The van der Waals surface area contributed by atoms with E-state index in [-0.39, 0.29) is 11.4 Å². The Labute approximate surface area is 127 Å². The first-order valence-corrected chi connectivity index (χ1v) is 8.61. The summed E-state index contributed by atoms with van der Waals surface area (Å²) in [7, 11) is -2.01. The summed E-state index contributed by atoms with van der Waals surface area (Å²) in [6.45, 7) is 7.72. The van der Waals surface area contributed by atoms with E-state index in [1.165, 1.54) is 0 Å². The fourth-order valence-electron chi connectivity index (χ4n) is 2.09. The van der Waals surface area contributed by atoms with Crippen molar-refractivity contribution in [3.8, 4) is 5.75 Å². The van der Waals surface area contributed by atoms with Crippen molar-refractivity contribution in [1.82, 2.24) is 4.72 Å². The molecule has 21 heavy (non-hydrogen) atoms. The molecule has 0 aliphatic rings. The lowest BCUT2D eigenvalue weighted by molar-refractivity contribution is 0.391. The van der Waals surface area contributed by atoms with Gasteiger partial charge in [0.25, 0.3) is 0 Å². The summed E-state index contributed by atoms with van der Waals surface area (Å²) >= 11 is 0. The summed E-state index contributed by atoms with van der Waals surface area (Å²) in [5.74, 6) is 0.682. The first kappa shape index (κ1) is 17.9. The third-order valence-corrected chi connectivity index (χ3v) is 5.55. The number of methoxy groups -OCH3 is 1. The highest BCUT2D eigenvalue weighted by Gasteiger charge is 2.25. The minimum atomic E-state index is -3.58. The van der Waals surface area contributed by atoms with Gasteiger partial charge >= 0.3 is 0 Å². The van der Waals surface area contributed by atoms with Gasteiger partial charge in [-0.05, 0) is 49.9 Å². The predicted octanol–water partition coefficient (Wildman–Crippen LogP) is 2.11. The number of nitrogens with one attached hydrogen (secondary N) is 1. The normalized spacial score (nSPS) is 12.5. The molecule has 120 valence electrons. The first-order chi connectivity index (χ1) is 9.69. The van der Waals surface area contributed by atoms with Gasteiger partial charge in [-0.25, -0.2) is 13.1 Å². The van der Waals surface area contributed by atoms with Gasteiger partial charge in [-0.15, -0.1) is 0 Å². The Morgan fingerprint density at radius 3 is 2.24 bits per heavy atom. The average molecular weight is 314 g/mol. The number of hydrogen-bond donors (Lipinski definition) is 2. The molecule has 0 spiro atoms. The Hall–Kier alpha value is -1.11. The van der Waals surface area contributed by atoms with Crippen LogP contribution in [0.5, 0.6) is 5.75 Å². The summed E-state index contributed by atoms with van der Waals surface area (Å²) in [6, 6.07) is 3.37. The molecule has 0 amide bonds. The van der Waals surface area contributed by atoms with E-state index >= 15 is 0 Å². The van der Waals surface area contributed by atoms with E-state index in [4.69, 9.17) is 10.5 Å². The second-order valence-corrected chi connectivity index (χ2v) is 7.22. The van der Waals surface area contributed by atoms with Crippen molar-refractivity contribution in [2.75, 3.05) is 13.7 Å². The van der Waals surface area contributed by atoms with Crippen LogP contribution in [-0.4, -0.2) is 27.6 Å². The molecular formula is C15H26N2O3S. The Balaban J connectivity index is 3.07. The molecule has 3 N–H and O–H groups in total. The van der Waals surface area contributed by atoms with E-state index in [2.05, 4.69) is 4.72 Å². The second kappa shape index (κ2) is 6.77. The fraction of sp³-hybridized carbons (Fsp3) is 0.600. The third-order valence-electron chi connectivity index (χ3n) is 4.00. The largest absolute Gasteiger partial charge is 0.496 e. The van der Waals surface area contributed by atoms with Gasteiger partial charge < -0.3 is 10.5 Å². The van der Waals surface area contributed by atoms with Gasteiger partial charge in [0.15, 0.2) is 0 Å². The molecule has 6 heteroatoms. The van der Waals surface area contributed by atoms with Crippen LogP contribution in [-0.2, 0) is 10.0 Å². The highest BCUT2D eigenvalue weighted by atomic mass is 32.2. The monoisotopic (exact) mass is 314 g/mol. The van der Waals surface area contributed by atoms with Crippen molar-refractivity contribution >= 4 is 10.0 Å². The molecular weight excluding hydrogens is 288 g/mol. The number of aryl methyl sites for hydroxylation is 2. The Kier molecular flexibility index (Phi) is 5.78. The molecule has 0 unspecified atom stereocenters. The molecule has 0 bridgehead atoms. The zero-order valence-electron chi connectivity index (χ0n) is 13.5. The van der Waals surface area contributed by atoms with Gasteiger partial charge in [0.2, 0.25) is 10.0 Å². The lowest BCUT2D eigenvalue weighted by Crippen LogP contribution is -2.49. The van der Waals surface area contributed by atoms with Crippen LogP contribution >= 0.6 is 0 Å². The summed E-state index contributed by atoms with van der Waals surface area (Å²) in [6.07, 6.45) is 1.43. The average Bonchev–Trinajstić information content (AvgIpc) is 2.46. The molecule has 0 saturated heterocycles. The lowest BCUT2D eigenvalue weighted by atomic mass is 9.95. The molecule has 0 atom stereocenters. The van der Waals surface area contributed by atoms with Gasteiger partial charge in [0.05, 0.1) is 12.0 Å². The molecule has 0 heterocycles. The van der Waals surface area contributed by atoms with Gasteiger partial charge in [-0.1, -0.05) is 13.8 Å². The van der Waals surface area contributed by atoms with E-state index < -0.39 is 15.6 Å². The minimum absolute atomic E-state index is 0.229. The Morgan fingerprint density at radius 1 is 1.19 bits per heavy atom. The molecule has 5 nitrogen and oxygen atoms in total. The van der Waals surface area contributed by atoms with Crippen LogP contribution in [0.4, 0.5) is 0 Å². The maximum absolute atomic E-state index is 12.5. The number of ether oxygens (including phenoxy) is 1. The molecule has 0 aromatic heterocycles. The third kappa shape index (κ3) is 4.18. The molecule has 0 fully saturated rings. The lowest BCUT2D eigenvalue weighted by Gasteiger charge is -2.27. The SMILES string of the molecule is CCC(N)(CC)CNS(=O)(=O)c1cc(C)c(OC)cc1C. The number of benzene rings is 1. The van der Waals surface area contributed by atoms with Gasteiger partial charge in [0, 0.05) is 12.1 Å². The maximum Gasteiger partial charge on any atom is 0.240 e. The molecule has 1 aromatic carbocycles. The summed E-state index contributed by atoms with van der Waals surface area (Å²) < 4.78 is 32.8. The van der Waals surface area contributed by atoms with E-state index in [0.29, 0.717) is 24.2 Å². The van der Waals surface area contributed by atoms with Crippen molar-refractivity contribution in [3.63, 3.8) is 0 Å². The summed E-state index contributed by atoms with van der Waals surface area (Å²) in [4.78, 5) is 0.273. The number of hydrogen-bond acceptors (Lipinski definition) is 4. The maximum atomic E-state index is 12.5. The second-order valence-electron chi connectivity index (χ2n) is 5.48. The minimum Gasteiger partial charge on any atom is -0.496 e. The molecule has 1 aromatic rings. The van der Waals surface area contributed by atoms with E-state index in [0.717, 1.165) is 5.56 Å². The van der Waals surface area contributed by atoms with Crippen LogP contribution in [0, 0.1) is 13.8 Å². The van der Waals surface area contributed by atoms with Crippen LogP contribution in [0.15, 0.2) is 17.0 Å². The van der Waals surface area contributed by atoms with Crippen molar-refractivity contribution in [2.24, 2.45) is 5.73 Å². The predicted molar refractivity (Wildman–Crippen MR) is 85.2 cm³/mol. The van der Waals surface area contributed by atoms with Gasteiger partial charge in [0.1, 0.15) is 5.75 Å². The molecule has 1 rings (SSSR count). The molecule has 0 aliphatic carbocycles. The Morgan fingerprint density at radius 2 is 1.76 bits per heavy atom. The van der Waals surface area contributed by atoms with Crippen LogP contribution in [0.2, 0.25) is 0 Å². The van der Waals surface area contributed by atoms with Crippen molar-refractivity contribution in [1.29, 1.82) is 0 Å². The van der Waals surface area contributed by atoms with E-state index in [1.807, 2.05) is 20.8 Å². The Bertz CT molecular complexity index is 593.